The molecule has 0 spiro atoms. The third kappa shape index (κ3) is 7.31. The molecule has 1 saturated heterocycles. The van der Waals surface area contributed by atoms with E-state index in [4.69, 9.17) is 10.5 Å². The predicted molar refractivity (Wildman–Crippen MR) is 67.8 cm³/mol. The molecule has 100 valence electrons. The van der Waals surface area contributed by atoms with Gasteiger partial charge in [-0.2, -0.15) is 0 Å². The maximum absolute atomic E-state index is 11.4. The van der Waals surface area contributed by atoms with Crippen LogP contribution in [0.3, 0.4) is 0 Å². The van der Waals surface area contributed by atoms with Crippen molar-refractivity contribution in [2.75, 3.05) is 32.8 Å². The number of nitrogens with two attached hydrogens (primary N) is 1. The molecular weight excluding hydrogens is 218 g/mol. The van der Waals surface area contributed by atoms with Gasteiger partial charge in [0, 0.05) is 13.0 Å². The summed E-state index contributed by atoms with van der Waals surface area (Å²) in [6.07, 6.45) is 4.83. The lowest BCUT2D eigenvalue weighted by Gasteiger charge is -2.22. The number of piperidine rings is 1. The summed E-state index contributed by atoms with van der Waals surface area (Å²) >= 11 is 0. The van der Waals surface area contributed by atoms with Crippen LogP contribution < -0.4 is 16.4 Å². The van der Waals surface area contributed by atoms with Gasteiger partial charge in [-0.05, 0) is 45.3 Å². The molecule has 0 saturated carbocycles. The summed E-state index contributed by atoms with van der Waals surface area (Å²) in [7, 11) is 0. The monoisotopic (exact) mass is 243 g/mol. The molecule has 0 aromatic carbocycles. The van der Waals surface area contributed by atoms with Gasteiger partial charge in [-0.25, -0.2) is 0 Å². The van der Waals surface area contributed by atoms with Crippen LogP contribution in [0.1, 0.15) is 32.1 Å². The van der Waals surface area contributed by atoms with E-state index >= 15 is 0 Å². The van der Waals surface area contributed by atoms with Crippen LogP contribution in [0.2, 0.25) is 0 Å². The van der Waals surface area contributed by atoms with Gasteiger partial charge in [-0.3, -0.25) is 4.79 Å². The highest BCUT2D eigenvalue weighted by atomic mass is 16.5. The Labute approximate surface area is 103 Å². The summed E-state index contributed by atoms with van der Waals surface area (Å²) in [5.74, 6) is 0.0796. The average molecular weight is 243 g/mol. The molecule has 5 nitrogen and oxygen atoms in total. The molecule has 0 radical (unpaired) electrons. The quantitative estimate of drug-likeness (QED) is 0.525. The van der Waals surface area contributed by atoms with Gasteiger partial charge in [-0.1, -0.05) is 0 Å². The minimum Gasteiger partial charge on any atom is -0.378 e. The molecule has 0 aromatic heterocycles. The highest BCUT2D eigenvalue weighted by Gasteiger charge is 2.13. The van der Waals surface area contributed by atoms with E-state index in [-0.39, 0.29) is 5.91 Å². The Morgan fingerprint density at radius 2 is 2.12 bits per heavy atom. The first-order valence-corrected chi connectivity index (χ1v) is 6.62. The maximum atomic E-state index is 11.4. The van der Waals surface area contributed by atoms with Crippen LogP contribution in [0.4, 0.5) is 0 Å². The minimum absolute atomic E-state index is 0.0796. The molecule has 1 fully saturated rings. The lowest BCUT2D eigenvalue weighted by molar-refractivity contribution is -0.122. The molecule has 1 aliphatic heterocycles. The Morgan fingerprint density at radius 3 is 2.82 bits per heavy atom. The average Bonchev–Trinajstić information content (AvgIpc) is 2.36. The van der Waals surface area contributed by atoms with E-state index in [0.29, 0.717) is 25.7 Å². The van der Waals surface area contributed by atoms with Gasteiger partial charge >= 0.3 is 0 Å². The van der Waals surface area contributed by atoms with Crippen LogP contribution >= 0.6 is 0 Å². The van der Waals surface area contributed by atoms with Crippen molar-refractivity contribution in [1.29, 1.82) is 0 Å². The van der Waals surface area contributed by atoms with Crippen molar-refractivity contribution in [1.82, 2.24) is 10.6 Å². The van der Waals surface area contributed by atoms with E-state index in [0.717, 1.165) is 45.3 Å². The minimum atomic E-state index is 0.0796. The molecule has 4 N–H and O–H groups in total. The van der Waals surface area contributed by atoms with Gasteiger partial charge in [0.2, 0.25) is 5.91 Å². The van der Waals surface area contributed by atoms with Gasteiger partial charge in [-0.15, -0.1) is 0 Å². The van der Waals surface area contributed by atoms with E-state index in [9.17, 15) is 4.79 Å². The SMILES string of the molecule is NCCCCNC(=O)CCOC1CCNCC1. The molecule has 1 heterocycles. The van der Waals surface area contributed by atoms with E-state index in [1.807, 2.05) is 0 Å². The van der Waals surface area contributed by atoms with Gasteiger partial charge in [0.05, 0.1) is 12.7 Å². The summed E-state index contributed by atoms with van der Waals surface area (Å²) in [4.78, 5) is 11.4. The molecule has 0 aliphatic carbocycles. The van der Waals surface area contributed by atoms with Crippen LogP contribution in [0.15, 0.2) is 0 Å². The molecule has 17 heavy (non-hydrogen) atoms. The first kappa shape index (κ1) is 14.4. The first-order chi connectivity index (χ1) is 8.33. The molecule has 1 aliphatic rings. The fourth-order valence-corrected chi connectivity index (χ4v) is 1.87. The number of hydrogen-bond donors (Lipinski definition) is 3. The highest BCUT2D eigenvalue weighted by Crippen LogP contribution is 2.07. The molecule has 1 rings (SSSR count). The molecule has 1 amide bonds. The van der Waals surface area contributed by atoms with Crippen LogP contribution in [0, 0.1) is 0 Å². The molecule has 0 atom stereocenters. The lowest BCUT2D eigenvalue weighted by Crippen LogP contribution is -2.33. The molecule has 0 unspecified atom stereocenters. The fraction of sp³-hybridized carbons (Fsp3) is 0.917. The Balaban J connectivity index is 1.92. The van der Waals surface area contributed by atoms with Crippen molar-refractivity contribution in [3.8, 4) is 0 Å². The summed E-state index contributed by atoms with van der Waals surface area (Å²) in [5, 5.41) is 6.15. The topological polar surface area (TPSA) is 76.4 Å². The number of ether oxygens (including phenoxy) is 1. The van der Waals surface area contributed by atoms with Crippen LogP contribution in [0.25, 0.3) is 0 Å². The zero-order chi connectivity index (χ0) is 12.3. The number of carbonyl (C=O) groups excluding carboxylic acids is 1. The first-order valence-electron chi connectivity index (χ1n) is 6.62. The number of unbranched alkanes of at least 4 members (excludes halogenated alkanes) is 1. The lowest BCUT2D eigenvalue weighted by atomic mass is 10.1. The molecule has 5 heteroatoms. The number of rotatable bonds is 8. The highest BCUT2D eigenvalue weighted by molar-refractivity contribution is 5.75. The van der Waals surface area contributed by atoms with Crippen LogP contribution in [-0.4, -0.2) is 44.8 Å². The van der Waals surface area contributed by atoms with E-state index in [1.54, 1.807) is 0 Å². The van der Waals surface area contributed by atoms with Crippen molar-refractivity contribution >= 4 is 5.91 Å². The number of hydrogen-bond acceptors (Lipinski definition) is 4. The Kier molecular flexibility index (Phi) is 7.96. The predicted octanol–water partition coefficient (Wildman–Crippen LogP) is 0.000200. The molecule has 0 bridgehead atoms. The van der Waals surface area contributed by atoms with Crippen LogP contribution in [0.5, 0.6) is 0 Å². The van der Waals surface area contributed by atoms with E-state index in [2.05, 4.69) is 10.6 Å². The number of nitrogens with one attached hydrogen (secondary N) is 2. The van der Waals surface area contributed by atoms with Crippen molar-refractivity contribution in [3.05, 3.63) is 0 Å². The van der Waals surface area contributed by atoms with Crippen molar-refractivity contribution in [2.24, 2.45) is 5.73 Å². The second-order valence-corrected chi connectivity index (χ2v) is 4.42. The Hall–Kier alpha value is -0.650. The van der Waals surface area contributed by atoms with Crippen molar-refractivity contribution in [3.63, 3.8) is 0 Å². The third-order valence-corrected chi connectivity index (χ3v) is 2.92. The maximum Gasteiger partial charge on any atom is 0.222 e. The van der Waals surface area contributed by atoms with Gasteiger partial charge in [0.25, 0.3) is 0 Å². The number of amides is 1. The summed E-state index contributed by atoms with van der Waals surface area (Å²) < 4.78 is 5.66. The van der Waals surface area contributed by atoms with Crippen molar-refractivity contribution in [2.45, 2.75) is 38.2 Å². The van der Waals surface area contributed by atoms with Gasteiger partial charge in [0.15, 0.2) is 0 Å². The van der Waals surface area contributed by atoms with Crippen LogP contribution in [-0.2, 0) is 9.53 Å². The van der Waals surface area contributed by atoms with E-state index < -0.39 is 0 Å². The zero-order valence-corrected chi connectivity index (χ0v) is 10.5. The van der Waals surface area contributed by atoms with Gasteiger partial charge < -0.3 is 21.1 Å². The second kappa shape index (κ2) is 9.39. The zero-order valence-electron chi connectivity index (χ0n) is 10.5. The molecule has 0 aromatic rings. The normalized spacial score (nSPS) is 17.0. The van der Waals surface area contributed by atoms with E-state index in [1.165, 1.54) is 0 Å². The van der Waals surface area contributed by atoms with Gasteiger partial charge in [0.1, 0.15) is 0 Å². The summed E-state index contributed by atoms with van der Waals surface area (Å²) in [6, 6.07) is 0. The smallest absolute Gasteiger partial charge is 0.222 e. The standard InChI is InChI=1S/C12H25N3O2/c13-6-1-2-7-15-12(16)5-10-17-11-3-8-14-9-4-11/h11,14H,1-10,13H2,(H,15,16). The molecular formula is C12H25N3O2. The fourth-order valence-electron chi connectivity index (χ4n) is 1.87. The Morgan fingerprint density at radius 1 is 1.35 bits per heavy atom. The second-order valence-electron chi connectivity index (χ2n) is 4.42. The summed E-state index contributed by atoms with van der Waals surface area (Å²) in [6.45, 7) is 4.00. The largest absolute Gasteiger partial charge is 0.378 e. The third-order valence-electron chi connectivity index (χ3n) is 2.92. The summed E-state index contributed by atoms with van der Waals surface area (Å²) in [5.41, 5.74) is 5.37. The van der Waals surface area contributed by atoms with Crippen molar-refractivity contribution < 1.29 is 9.53 Å². The Bertz CT molecular complexity index is 206. The number of carbonyl (C=O) groups is 1.